The first kappa shape index (κ1) is 23.1. The summed E-state index contributed by atoms with van der Waals surface area (Å²) in [4.78, 5) is 33.1. The van der Waals surface area contributed by atoms with E-state index in [-0.39, 0.29) is 35.9 Å². The lowest BCUT2D eigenvalue weighted by Gasteiger charge is -2.33. The molecule has 0 radical (unpaired) electrons. The number of pyridine rings is 2. The second-order valence-corrected chi connectivity index (χ2v) is 8.24. The summed E-state index contributed by atoms with van der Waals surface area (Å²) in [6.45, 7) is -0.0366. The largest absolute Gasteiger partial charge is 0.496 e. The number of hydrogen-bond donors (Lipinski definition) is 2. The van der Waals surface area contributed by atoms with E-state index in [1.165, 1.54) is 25.4 Å². The predicted octanol–water partition coefficient (Wildman–Crippen LogP) is 1.76. The van der Waals surface area contributed by atoms with E-state index in [0.717, 1.165) is 12.3 Å². The molecule has 32 heavy (non-hydrogen) atoms. The van der Waals surface area contributed by atoms with E-state index < -0.39 is 45.9 Å². The highest BCUT2D eigenvalue weighted by atomic mass is 32.2. The van der Waals surface area contributed by atoms with Crippen LogP contribution in [0.25, 0.3) is 0 Å². The number of aromatic nitrogens is 2. The van der Waals surface area contributed by atoms with Crippen molar-refractivity contribution < 1.29 is 35.7 Å². The summed E-state index contributed by atoms with van der Waals surface area (Å²) < 4.78 is 60.3. The molecule has 172 valence electrons. The Morgan fingerprint density at radius 1 is 1.19 bits per heavy atom. The second kappa shape index (κ2) is 8.90. The number of carbonyl (C=O) groups is 2. The molecule has 0 spiro atoms. The monoisotopic (exact) mass is 471 g/mol. The maximum atomic E-state index is 13.6. The first-order valence-corrected chi connectivity index (χ1v) is 10.6. The zero-order chi connectivity index (χ0) is 23.5. The Labute approximate surface area is 181 Å². The van der Waals surface area contributed by atoms with Crippen LogP contribution in [-0.2, 0) is 14.3 Å². The Bertz CT molecular complexity index is 1130. The second-order valence-electron chi connectivity index (χ2n) is 6.75. The van der Waals surface area contributed by atoms with Crippen LogP contribution >= 0.6 is 0 Å². The maximum Gasteiger partial charge on any atom is 0.420 e. The lowest BCUT2D eigenvalue weighted by atomic mass is 10.1. The van der Waals surface area contributed by atoms with Crippen LogP contribution in [0.4, 0.5) is 25.1 Å². The molecule has 2 aromatic rings. The van der Waals surface area contributed by atoms with Gasteiger partial charge in [0.1, 0.15) is 17.1 Å². The lowest BCUT2D eigenvalue weighted by Crippen LogP contribution is -2.40. The topological polar surface area (TPSA) is 154 Å². The summed E-state index contributed by atoms with van der Waals surface area (Å²) in [5.74, 6) is -3.23. The molecule has 1 aliphatic heterocycles. The summed E-state index contributed by atoms with van der Waals surface area (Å²) >= 11 is 0. The van der Waals surface area contributed by atoms with Crippen molar-refractivity contribution in [1.29, 1.82) is 0 Å². The van der Waals surface area contributed by atoms with Crippen molar-refractivity contribution in [3.8, 4) is 5.75 Å². The van der Waals surface area contributed by atoms with E-state index in [1.54, 1.807) is 4.90 Å². The summed E-state index contributed by atoms with van der Waals surface area (Å²) in [5, 5.41) is 1.82. The summed E-state index contributed by atoms with van der Waals surface area (Å²) in [7, 11) is -3.25. The van der Waals surface area contributed by atoms with Crippen molar-refractivity contribution in [2.24, 2.45) is 5.73 Å². The van der Waals surface area contributed by atoms with E-state index in [0.29, 0.717) is 0 Å². The van der Waals surface area contributed by atoms with Crippen molar-refractivity contribution in [2.45, 2.75) is 23.8 Å². The quantitative estimate of drug-likeness (QED) is 0.600. The zero-order valence-corrected chi connectivity index (χ0v) is 17.6. The third-order valence-corrected chi connectivity index (χ3v) is 5.69. The van der Waals surface area contributed by atoms with Gasteiger partial charge in [0.15, 0.2) is 5.03 Å². The molecule has 0 unspecified atom stereocenters. The van der Waals surface area contributed by atoms with Crippen LogP contribution in [0.2, 0.25) is 0 Å². The van der Waals surface area contributed by atoms with Gasteiger partial charge in [0, 0.05) is 50.1 Å². The van der Waals surface area contributed by atoms with Crippen molar-refractivity contribution in [2.75, 3.05) is 30.4 Å². The van der Waals surface area contributed by atoms with Crippen molar-refractivity contribution >= 4 is 33.6 Å². The average Bonchev–Trinajstić information content (AvgIpc) is 2.72. The summed E-state index contributed by atoms with van der Waals surface area (Å²) in [6, 6.07) is 3.69. The van der Waals surface area contributed by atoms with Gasteiger partial charge in [0.05, 0.1) is 7.11 Å². The molecule has 0 saturated carbocycles. The SMILES string of the molecule is COc1ccnc(N2CCC(F)(F)CC2)c1C(=O)Nc1ccnc(S(=O)(=O)OC(N)=O)c1. The molecular formula is C18H19F2N5O6S. The minimum Gasteiger partial charge on any atom is -0.496 e. The highest BCUT2D eigenvalue weighted by Crippen LogP contribution is 2.34. The van der Waals surface area contributed by atoms with Crippen LogP contribution in [0.5, 0.6) is 5.75 Å². The number of rotatable bonds is 6. The molecule has 2 aromatic heterocycles. The van der Waals surface area contributed by atoms with Gasteiger partial charge in [-0.2, -0.15) is 8.42 Å². The van der Waals surface area contributed by atoms with Gasteiger partial charge in [-0.15, -0.1) is 0 Å². The van der Waals surface area contributed by atoms with Crippen molar-refractivity contribution in [1.82, 2.24) is 9.97 Å². The fourth-order valence-electron chi connectivity index (χ4n) is 3.07. The number of ether oxygens (including phenoxy) is 1. The normalized spacial score (nSPS) is 15.7. The van der Waals surface area contributed by atoms with Crippen molar-refractivity contribution in [3.05, 3.63) is 36.2 Å². The van der Waals surface area contributed by atoms with E-state index >= 15 is 0 Å². The molecule has 0 bridgehead atoms. The number of carbonyl (C=O) groups excluding carboxylic acids is 2. The average molecular weight is 471 g/mol. The first-order valence-electron chi connectivity index (χ1n) is 9.19. The standard InChI is InChI=1S/C18H19F2N5O6S/c1-30-12-3-7-23-15(25-8-4-18(19,20)5-9-25)14(12)16(26)24-11-2-6-22-13(10-11)32(28,29)31-17(21)27/h2-3,6-7,10H,4-5,8-9H2,1H3,(H2,21,27)(H,22,24,26). The van der Waals surface area contributed by atoms with Gasteiger partial charge in [-0.25, -0.2) is 23.5 Å². The van der Waals surface area contributed by atoms with Gasteiger partial charge in [-0.1, -0.05) is 0 Å². The number of nitrogens with two attached hydrogens (primary N) is 1. The Balaban J connectivity index is 1.90. The smallest absolute Gasteiger partial charge is 0.420 e. The number of alkyl halides is 2. The third kappa shape index (κ3) is 5.19. The van der Waals surface area contributed by atoms with Crippen molar-refractivity contribution in [3.63, 3.8) is 0 Å². The Hall–Kier alpha value is -3.55. The molecule has 3 rings (SSSR count). The number of anilines is 2. The number of methoxy groups -OCH3 is 1. The van der Waals surface area contributed by atoms with Crippen LogP contribution in [0.1, 0.15) is 23.2 Å². The van der Waals surface area contributed by atoms with Gasteiger partial charge < -0.3 is 24.9 Å². The van der Waals surface area contributed by atoms with Gasteiger partial charge >= 0.3 is 16.2 Å². The number of nitrogens with zero attached hydrogens (tertiary/aromatic N) is 3. The van der Waals surface area contributed by atoms with Gasteiger partial charge in [-0.05, 0) is 12.1 Å². The number of piperidine rings is 1. The minimum atomic E-state index is -4.58. The molecule has 3 N–H and O–H groups in total. The molecule has 1 saturated heterocycles. The van der Waals surface area contributed by atoms with Crippen LogP contribution in [0.3, 0.4) is 0 Å². The minimum absolute atomic E-state index is 0.00122. The Morgan fingerprint density at radius 2 is 1.84 bits per heavy atom. The Kier molecular flexibility index (Phi) is 6.43. The molecule has 2 amide bonds. The fraction of sp³-hybridized carbons (Fsp3) is 0.333. The molecule has 0 aliphatic carbocycles. The molecule has 1 fully saturated rings. The van der Waals surface area contributed by atoms with Crippen LogP contribution in [0.15, 0.2) is 35.6 Å². The highest BCUT2D eigenvalue weighted by Gasteiger charge is 2.36. The number of halogens is 2. The number of hydrogen-bond acceptors (Lipinski definition) is 9. The lowest BCUT2D eigenvalue weighted by molar-refractivity contribution is -0.0221. The van der Waals surface area contributed by atoms with Crippen LogP contribution in [0, 0.1) is 0 Å². The van der Waals surface area contributed by atoms with Gasteiger partial charge in [0.2, 0.25) is 0 Å². The molecule has 11 nitrogen and oxygen atoms in total. The van der Waals surface area contributed by atoms with Gasteiger partial charge in [0.25, 0.3) is 11.8 Å². The number of primary amides is 1. The predicted molar refractivity (Wildman–Crippen MR) is 107 cm³/mol. The third-order valence-electron chi connectivity index (χ3n) is 4.57. The maximum absolute atomic E-state index is 13.6. The number of nitrogens with one attached hydrogen (secondary N) is 1. The van der Waals surface area contributed by atoms with E-state index in [9.17, 15) is 26.8 Å². The first-order chi connectivity index (χ1) is 15.0. The molecule has 0 atom stereocenters. The Morgan fingerprint density at radius 3 is 2.47 bits per heavy atom. The van der Waals surface area contributed by atoms with Crippen LogP contribution in [-0.4, -0.2) is 56.5 Å². The summed E-state index contributed by atoms with van der Waals surface area (Å²) in [6.07, 6.45) is 0.131. The molecule has 3 heterocycles. The molecular weight excluding hydrogens is 452 g/mol. The molecule has 0 aromatic carbocycles. The fourth-order valence-corrected chi connectivity index (χ4v) is 3.83. The van der Waals surface area contributed by atoms with E-state index in [1.807, 2.05) is 0 Å². The van der Waals surface area contributed by atoms with Crippen LogP contribution < -0.4 is 20.7 Å². The number of amides is 2. The highest BCUT2D eigenvalue weighted by molar-refractivity contribution is 7.87. The molecule has 1 aliphatic rings. The zero-order valence-electron chi connectivity index (χ0n) is 16.7. The van der Waals surface area contributed by atoms with E-state index in [2.05, 4.69) is 19.5 Å². The molecule has 14 heteroatoms. The van der Waals surface area contributed by atoms with E-state index in [4.69, 9.17) is 10.5 Å². The summed E-state index contributed by atoms with van der Waals surface area (Å²) in [5.41, 5.74) is 4.72. The van der Waals surface area contributed by atoms with Gasteiger partial charge in [-0.3, -0.25) is 4.79 Å².